The molecule has 4 aromatic rings. The number of rotatable bonds is 6. The molecule has 1 N–H and O–H groups in total. The topological polar surface area (TPSA) is 78.6 Å². The fourth-order valence-electron chi connectivity index (χ4n) is 3.13. The fourth-order valence-corrected chi connectivity index (χ4v) is 3.13. The van der Waals surface area contributed by atoms with Crippen LogP contribution in [0.25, 0.3) is 22.1 Å². The first-order valence-electron chi connectivity index (χ1n) is 8.40. The van der Waals surface area contributed by atoms with Crippen molar-refractivity contribution in [1.82, 2.24) is 9.97 Å². The van der Waals surface area contributed by atoms with Crippen molar-refractivity contribution in [2.75, 3.05) is 26.6 Å². The summed E-state index contributed by atoms with van der Waals surface area (Å²) in [5, 5.41) is 4.27. The average Bonchev–Trinajstić information content (AvgIpc) is 3.10. The summed E-state index contributed by atoms with van der Waals surface area (Å²) >= 11 is 0. The SMILES string of the molecule is COc1ccc(CNc2ncnc3c2oc2ccccc23)c(OC)c1OC. The summed E-state index contributed by atoms with van der Waals surface area (Å²) < 4.78 is 22.2. The molecule has 0 aliphatic rings. The molecule has 0 fully saturated rings. The molecule has 4 rings (SSSR count). The summed E-state index contributed by atoms with van der Waals surface area (Å²) in [6.07, 6.45) is 1.53. The van der Waals surface area contributed by atoms with Crippen molar-refractivity contribution in [2.45, 2.75) is 6.54 Å². The van der Waals surface area contributed by atoms with Gasteiger partial charge in [-0.25, -0.2) is 9.97 Å². The largest absolute Gasteiger partial charge is 0.493 e. The molecule has 0 amide bonds. The third-order valence-electron chi connectivity index (χ3n) is 4.39. The van der Waals surface area contributed by atoms with Gasteiger partial charge in [0.05, 0.1) is 21.3 Å². The van der Waals surface area contributed by atoms with Gasteiger partial charge >= 0.3 is 0 Å². The summed E-state index contributed by atoms with van der Waals surface area (Å²) in [4.78, 5) is 8.70. The van der Waals surface area contributed by atoms with E-state index in [2.05, 4.69) is 15.3 Å². The lowest BCUT2D eigenvalue weighted by Gasteiger charge is -2.16. The van der Waals surface area contributed by atoms with E-state index in [1.807, 2.05) is 36.4 Å². The van der Waals surface area contributed by atoms with Crippen molar-refractivity contribution in [2.24, 2.45) is 0 Å². The number of methoxy groups -OCH3 is 3. The standard InChI is InChI=1S/C20H19N3O4/c1-24-15-9-8-12(17(25-2)18(15)26-3)10-21-20-19-16(22-11-23-20)13-6-4-5-7-14(13)27-19/h4-9,11H,10H2,1-3H3,(H,21,22,23). The molecule has 7 nitrogen and oxygen atoms in total. The molecule has 0 radical (unpaired) electrons. The third-order valence-corrected chi connectivity index (χ3v) is 4.39. The van der Waals surface area contributed by atoms with Crippen LogP contribution in [0, 0.1) is 0 Å². The van der Waals surface area contributed by atoms with E-state index in [0.29, 0.717) is 35.2 Å². The van der Waals surface area contributed by atoms with Gasteiger partial charge < -0.3 is 23.9 Å². The number of nitrogens with zero attached hydrogens (tertiary/aromatic N) is 2. The number of benzene rings is 2. The Morgan fingerprint density at radius 2 is 1.74 bits per heavy atom. The lowest BCUT2D eigenvalue weighted by atomic mass is 10.1. The summed E-state index contributed by atoms with van der Waals surface area (Å²) in [5.41, 5.74) is 3.08. The Labute approximate surface area is 155 Å². The highest BCUT2D eigenvalue weighted by molar-refractivity contribution is 6.05. The van der Waals surface area contributed by atoms with Crippen LogP contribution in [-0.4, -0.2) is 31.3 Å². The number of hydrogen-bond acceptors (Lipinski definition) is 7. The summed E-state index contributed by atoms with van der Waals surface area (Å²) in [7, 11) is 4.78. The fraction of sp³-hybridized carbons (Fsp3) is 0.200. The second kappa shape index (κ2) is 7.03. The van der Waals surface area contributed by atoms with Gasteiger partial charge in [0, 0.05) is 17.5 Å². The van der Waals surface area contributed by atoms with Gasteiger partial charge in [-0.05, 0) is 24.3 Å². The molecule has 27 heavy (non-hydrogen) atoms. The Kier molecular flexibility index (Phi) is 4.42. The van der Waals surface area contributed by atoms with E-state index < -0.39 is 0 Å². The van der Waals surface area contributed by atoms with Gasteiger partial charge in [0.15, 0.2) is 22.9 Å². The summed E-state index contributed by atoms with van der Waals surface area (Å²) in [6.45, 7) is 0.465. The van der Waals surface area contributed by atoms with Crippen molar-refractivity contribution in [3.63, 3.8) is 0 Å². The number of ether oxygens (including phenoxy) is 3. The number of fused-ring (bicyclic) bond motifs is 3. The number of nitrogens with one attached hydrogen (secondary N) is 1. The van der Waals surface area contributed by atoms with Crippen LogP contribution in [0.3, 0.4) is 0 Å². The van der Waals surface area contributed by atoms with Crippen LogP contribution >= 0.6 is 0 Å². The van der Waals surface area contributed by atoms with E-state index in [-0.39, 0.29) is 0 Å². The van der Waals surface area contributed by atoms with Crippen LogP contribution in [0.4, 0.5) is 5.82 Å². The minimum atomic E-state index is 0.465. The minimum Gasteiger partial charge on any atom is -0.493 e. The van der Waals surface area contributed by atoms with Gasteiger partial charge in [-0.3, -0.25) is 0 Å². The highest BCUT2D eigenvalue weighted by Gasteiger charge is 2.17. The molecule has 2 heterocycles. The molecule has 7 heteroatoms. The van der Waals surface area contributed by atoms with Gasteiger partial charge in [0.25, 0.3) is 0 Å². The third kappa shape index (κ3) is 2.87. The maximum atomic E-state index is 5.95. The second-order valence-corrected chi connectivity index (χ2v) is 5.85. The number of aromatic nitrogens is 2. The molecule has 0 unspecified atom stereocenters. The molecule has 2 aromatic carbocycles. The van der Waals surface area contributed by atoms with Crippen LogP contribution in [-0.2, 0) is 6.54 Å². The molecule has 0 spiro atoms. The molecule has 138 valence electrons. The van der Waals surface area contributed by atoms with E-state index in [1.54, 1.807) is 21.3 Å². The van der Waals surface area contributed by atoms with Crippen molar-refractivity contribution in [3.8, 4) is 17.2 Å². The smallest absolute Gasteiger partial charge is 0.203 e. The highest BCUT2D eigenvalue weighted by Crippen LogP contribution is 2.40. The number of hydrogen-bond donors (Lipinski definition) is 1. The van der Waals surface area contributed by atoms with Crippen molar-refractivity contribution in [1.29, 1.82) is 0 Å². The second-order valence-electron chi connectivity index (χ2n) is 5.85. The maximum Gasteiger partial charge on any atom is 0.203 e. The molecule has 0 aliphatic carbocycles. The molecule has 0 saturated heterocycles. The van der Waals surface area contributed by atoms with Crippen LogP contribution in [0.15, 0.2) is 47.1 Å². The predicted molar refractivity (Wildman–Crippen MR) is 103 cm³/mol. The molecule has 2 aromatic heterocycles. The van der Waals surface area contributed by atoms with Crippen LogP contribution in [0.2, 0.25) is 0 Å². The zero-order valence-electron chi connectivity index (χ0n) is 15.3. The first-order valence-corrected chi connectivity index (χ1v) is 8.40. The van der Waals surface area contributed by atoms with Gasteiger partial charge in [-0.1, -0.05) is 12.1 Å². The molecule has 0 bridgehead atoms. The molecular weight excluding hydrogens is 346 g/mol. The molecular formula is C20H19N3O4. The van der Waals surface area contributed by atoms with Crippen LogP contribution < -0.4 is 19.5 Å². The Morgan fingerprint density at radius 3 is 2.52 bits per heavy atom. The number of para-hydroxylation sites is 1. The lowest BCUT2D eigenvalue weighted by Crippen LogP contribution is -2.05. The van der Waals surface area contributed by atoms with Crippen LogP contribution in [0.1, 0.15) is 5.56 Å². The van der Waals surface area contributed by atoms with E-state index in [0.717, 1.165) is 22.0 Å². The summed E-state index contributed by atoms with van der Waals surface area (Å²) in [6, 6.07) is 11.5. The first kappa shape index (κ1) is 17.0. The number of anilines is 1. The number of furan rings is 1. The van der Waals surface area contributed by atoms with Crippen molar-refractivity contribution in [3.05, 3.63) is 48.3 Å². The first-order chi connectivity index (χ1) is 13.3. The lowest BCUT2D eigenvalue weighted by molar-refractivity contribution is 0.322. The zero-order valence-corrected chi connectivity index (χ0v) is 15.3. The van der Waals surface area contributed by atoms with Gasteiger partial charge in [-0.2, -0.15) is 0 Å². The van der Waals surface area contributed by atoms with Gasteiger partial charge in [0.2, 0.25) is 5.75 Å². The summed E-state index contributed by atoms with van der Waals surface area (Å²) in [5.74, 6) is 2.39. The Balaban J connectivity index is 1.70. The highest BCUT2D eigenvalue weighted by atomic mass is 16.5. The average molecular weight is 365 g/mol. The quantitative estimate of drug-likeness (QED) is 0.553. The minimum absolute atomic E-state index is 0.465. The van der Waals surface area contributed by atoms with E-state index in [9.17, 15) is 0 Å². The Hall–Kier alpha value is -3.48. The van der Waals surface area contributed by atoms with Crippen molar-refractivity contribution >= 4 is 27.9 Å². The Bertz CT molecular complexity index is 1110. The molecule has 0 saturated carbocycles. The van der Waals surface area contributed by atoms with Crippen LogP contribution in [0.5, 0.6) is 17.2 Å². The monoisotopic (exact) mass is 365 g/mol. The zero-order chi connectivity index (χ0) is 18.8. The van der Waals surface area contributed by atoms with Gasteiger partial charge in [0.1, 0.15) is 17.4 Å². The Morgan fingerprint density at radius 1 is 0.926 bits per heavy atom. The van der Waals surface area contributed by atoms with E-state index >= 15 is 0 Å². The maximum absolute atomic E-state index is 5.95. The normalized spacial score (nSPS) is 10.9. The van der Waals surface area contributed by atoms with E-state index in [4.69, 9.17) is 18.6 Å². The predicted octanol–water partition coefficient (Wildman–Crippen LogP) is 4.01. The molecule has 0 aliphatic heterocycles. The van der Waals surface area contributed by atoms with E-state index in [1.165, 1.54) is 6.33 Å². The van der Waals surface area contributed by atoms with Crippen molar-refractivity contribution < 1.29 is 18.6 Å². The van der Waals surface area contributed by atoms with Gasteiger partial charge in [-0.15, -0.1) is 0 Å². The molecule has 0 atom stereocenters.